The van der Waals surface area contributed by atoms with Gasteiger partial charge in [-0.25, -0.2) is 0 Å². The minimum atomic E-state index is -4.37. The number of carbonyl (C=O) groups excluding carboxylic acids is 1. The molecule has 0 N–H and O–H groups in total. The Hall–Kier alpha value is -2.03. The topological polar surface area (TPSA) is 44.1 Å². The Kier molecular flexibility index (Phi) is 3.98. The van der Waals surface area contributed by atoms with E-state index >= 15 is 0 Å². The monoisotopic (exact) mass is 282 g/mol. The van der Waals surface area contributed by atoms with Crippen molar-refractivity contribution >= 4 is 5.91 Å². The fourth-order valence-corrected chi connectivity index (χ4v) is 1.97. The van der Waals surface area contributed by atoms with Crippen molar-refractivity contribution in [3.8, 4) is 6.07 Å². The van der Waals surface area contributed by atoms with Gasteiger partial charge in [0.2, 0.25) is 5.91 Å². The summed E-state index contributed by atoms with van der Waals surface area (Å²) >= 11 is 0. The maximum atomic E-state index is 12.4. The van der Waals surface area contributed by atoms with E-state index in [0.717, 1.165) is 25.0 Å². The van der Waals surface area contributed by atoms with Crippen LogP contribution in [0.5, 0.6) is 0 Å². The molecule has 0 heterocycles. The molecular formula is C14H13F3N2O. The van der Waals surface area contributed by atoms with Crippen LogP contribution in [0.1, 0.15) is 24.0 Å². The van der Waals surface area contributed by atoms with Crippen molar-refractivity contribution in [3.63, 3.8) is 0 Å². The standard InChI is InChI=1S/C14H13F3N2O/c15-14(16,17)11-3-1-10(2-4-11)9-13(20)19(8-7-18)12-5-6-12/h1-4,12H,5-6,8-9H2. The van der Waals surface area contributed by atoms with Crippen molar-refractivity contribution in [1.29, 1.82) is 5.26 Å². The van der Waals surface area contributed by atoms with Crippen LogP contribution in [0.4, 0.5) is 13.2 Å². The Balaban J connectivity index is 2.02. The highest BCUT2D eigenvalue weighted by atomic mass is 19.4. The van der Waals surface area contributed by atoms with Crippen LogP contribution in [-0.4, -0.2) is 23.4 Å². The predicted octanol–water partition coefficient (Wildman–Crippen LogP) is 2.76. The quantitative estimate of drug-likeness (QED) is 0.797. The Morgan fingerprint density at radius 2 is 1.90 bits per heavy atom. The lowest BCUT2D eigenvalue weighted by atomic mass is 10.1. The number of nitriles is 1. The van der Waals surface area contributed by atoms with E-state index in [0.29, 0.717) is 5.56 Å². The van der Waals surface area contributed by atoms with Crippen LogP contribution in [0.15, 0.2) is 24.3 Å². The Morgan fingerprint density at radius 1 is 1.30 bits per heavy atom. The van der Waals surface area contributed by atoms with Crippen molar-refractivity contribution in [3.05, 3.63) is 35.4 Å². The van der Waals surface area contributed by atoms with Crippen LogP contribution in [0.3, 0.4) is 0 Å². The number of amides is 1. The van der Waals surface area contributed by atoms with Crippen LogP contribution in [0.2, 0.25) is 0 Å². The first-order valence-electron chi connectivity index (χ1n) is 6.24. The average molecular weight is 282 g/mol. The second kappa shape index (κ2) is 5.53. The molecule has 0 aromatic heterocycles. The lowest BCUT2D eigenvalue weighted by molar-refractivity contribution is -0.137. The summed E-state index contributed by atoms with van der Waals surface area (Å²) in [6.45, 7) is 0.0319. The second-order valence-corrected chi connectivity index (χ2v) is 4.78. The summed E-state index contributed by atoms with van der Waals surface area (Å²) in [5.74, 6) is -0.214. The Bertz CT molecular complexity index is 527. The van der Waals surface area contributed by atoms with Crippen LogP contribution >= 0.6 is 0 Å². The summed E-state index contributed by atoms with van der Waals surface area (Å²) in [5.41, 5.74) is -0.212. The first-order chi connectivity index (χ1) is 9.41. The summed E-state index contributed by atoms with van der Waals surface area (Å²) in [6.07, 6.45) is -2.57. The fourth-order valence-electron chi connectivity index (χ4n) is 1.97. The fraction of sp³-hybridized carbons (Fsp3) is 0.429. The number of carbonyl (C=O) groups is 1. The van der Waals surface area contributed by atoms with Crippen molar-refractivity contribution in [2.45, 2.75) is 31.5 Å². The maximum Gasteiger partial charge on any atom is 0.416 e. The van der Waals surface area contributed by atoms with Gasteiger partial charge in [0.05, 0.1) is 18.1 Å². The molecule has 0 aliphatic heterocycles. The molecule has 0 unspecified atom stereocenters. The molecule has 1 fully saturated rings. The molecule has 6 heteroatoms. The van der Waals surface area contributed by atoms with E-state index in [9.17, 15) is 18.0 Å². The van der Waals surface area contributed by atoms with E-state index in [4.69, 9.17) is 5.26 Å². The molecule has 0 bridgehead atoms. The first-order valence-corrected chi connectivity index (χ1v) is 6.24. The van der Waals surface area contributed by atoms with Crippen molar-refractivity contribution in [2.75, 3.05) is 6.54 Å². The van der Waals surface area contributed by atoms with E-state index in [2.05, 4.69) is 0 Å². The highest BCUT2D eigenvalue weighted by Crippen LogP contribution is 2.30. The van der Waals surface area contributed by atoms with Crippen LogP contribution in [-0.2, 0) is 17.4 Å². The molecule has 1 aromatic carbocycles. The van der Waals surface area contributed by atoms with Gasteiger partial charge in [0.25, 0.3) is 0 Å². The van der Waals surface area contributed by atoms with Gasteiger partial charge in [0, 0.05) is 6.04 Å². The Morgan fingerprint density at radius 3 is 2.35 bits per heavy atom. The molecular weight excluding hydrogens is 269 g/mol. The molecule has 1 aromatic rings. The average Bonchev–Trinajstić information content (AvgIpc) is 3.19. The largest absolute Gasteiger partial charge is 0.416 e. The lowest BCUT2D eigenvalue weighted by Gasteiger charge is -2.19. The smallest absolute Gasteiger partial charge is 0.326 e. The minimum absolute atomic E-state index is 0.0241. The number of nitrogens with zero attached hydrogens (tertiary/aromatic N) is 2. The van der Waals surface area contributed by atoms with Gasteiger partial charge in [-0.3, -0.25) is 4.79 Å². The number of halogens is 3. The number of hydrogen-bond donors (Lipinski definition) is 0. The molecule has 0 radical (unpaired) electrons. The summed E-state index contributed by atoms with van der Waals surface area (Å²) in [4.78, 5) is 13.5. The first kappa shape index (κ1) is 14.4. The molecule has 0 atom stereocenters. The molecule has 1 saturated carbocycles. The SMILES string of the molecule is N#CCN(C(=O)Cc1ccc(C(F)(F)F)cc1)C1CC1. The summed E-state index contributed by atoms with van der Waals surface area (Å²) < 4.78 is 37.2. The molecule has 3 nitrogen and oxygen atoms in total. The summed E-state index contributed by atoms with van der Waals surface area (Å²) in [6, 6.07) is 6.60. The molecule has 2 rings (SSSR count). The van der Waals surface area contributed by atoms with Gasteiger partial charge in [-0.05, 0) is 30.5 Å². The third kappa shape index (κ3) is 3.50. The molecule has 1 aliphatic rings. The lowest BCUT2D eigenvalue weighted by Crippen LogP contribution is -2.34. The van der Waals surface area contributed by atoms with Gasteiger partial charge in [-0.15, -0.1) is 0 Å². The second-order valence-electron chi connectivity index (χ2n) is 4.78. The number of benzene rings is 1. The molecule has 0 saturated heterocycles. The van der Waals surface area contributed by atoms with Crippen LogP contribution < -0.4 is 0 Å². The molecule has 1 aliphatic carbocycles. The van der Waals surface area contributed by atoms with E-state index in [1.54, 1.807) is 0 Å². The van der Waals surface area contributed by atoms with Crippen molar-refractivity contribution < 1.29 is 18.0 Å². The Labute approximate surface area is 114 Å². The predicted molar refractivity (Wildman–Crippen MR) is 65.5 cm³/mol. The highest BCUT2D eigenvalue weighted by molar-refractivity contribution is 5.79. The van der Waals surface area contributed by atoms with Gasteiger partial charge in [-0.1, -0.05) is 12.1 Å². The van der Waals surface area contributed by atoms with Gasteiger partial charge >= 0.3 is 6.18 Å². The van der Waals surface area contributed by atoms with Gasteiger partial charge in [-0.2, -0.15) is 18.4 Å². The van der Waals surface area contributed by atoms with E-state index in [1.807, 2.05) is 6.07 Å². The van der Waals surface area contributed by atoms with E-state index in [-0.39, 0.29) is 24.9 Å². The minimum Gasteiger partial charge on any atom is -0.326 e. The van der Waals surface area contributed by atoms with E-state index < -0.39 is 11.7 Å². The summed E-state index contributed by atoms with van der Waals surface area (Å²) in [5, 5.41) is 8.69. The van der Waals surface area contributed by atoms with Crippen molar-refractivity contribution in [2.24, 2.45) is 0 Å². The zero-order valence-corrected chi connectivity index (χ0v) is 10.7. The highest BCUT2D eigenvalue weighted by Gasteiger charge is 2.32. The molecule has 20 heavy (non-hydrogen) atoms. The third-order valence-corrected chi connectivity index (χ3v) is 3.19. The number of rotatable bonds is 4. The molecule has 106 valence electrons. The molecule has 1 amide bonds. The van der Waals surface area contributed by atoms with E-state index in [1.165, 1.54) is 17.0 Å². The van der Waals surface area contributed by atoms with Gasteiger partial charge in [0.1, 0.15) is 6.54 Å². The number of hydrogen-bond acceptors (Lipinski definition) is 2. The van der Waals surface area contributed by atoms with Crippen LogP contribution in [0, 0.1) is 11.3 Å². The van der Waals surface area contributed by atoms with Gasteiger partial charge in [0.15, 0.2) is 0 Å². The summed E-state index contributed by atoms with van der Waals surface area (Å²) in [7, 11) is 0. The zero-order valence-electron chi connectivity index (χ0n) is 10.7. The van der Waals surface area contributed by atoms with Gasteiger partial charge < -0.3 is 4.90 Å². The normalized spacial score (nSPS) is 14.7. The number of alkyl halides is 3. The molecule has 0 spiro atoms. The maximum absolute atomic E-state index is 12.4. The van der Waals surface area contributed by atoms with Crippen molar-refractivity contribution in [1.82, 2.24) is 4.90 Å². The zero-order chi connectivity index (χ0) is 14.8. The van der Waals surface area contributed by atoms with Crippen LogP contribution in [0.25, 0.3) is 0 Å². The third-order valence-electron chi connectivity index (χ3n) is 3.19.